The first kappa shape index (κ1) is 67.6. The van der Waals surface area contributed by atoms with Gasteiger partial charge in [0.1, 0.15) is 22.8 Å². The molecule has 3 fully saturated rings. The summed E-state index contributed by atoms with van der Waals surface area (Å²) in [7, 11) is 2.36. The number of fused-ring (bicyclic) bond motifs is 6. The lowest BCUT2D eigenvalue weighted by molar-refractivity contribution is -0.139. The van der Waals surface area contributed by atoms with Crippen molar-refractivity contribution in [3.8, 4) is 5.69 Å². The minimum atomic E-state index is -1.18. The van der Waals surface area contributed by atoms with Crippen molar-refractivity contribution in [2.75, 3.05) is 40.5 Å². The molecule has 6 aliphatic rings. The van der Waals surface area contributed by atoms with E-state index in [0.29, 0.717) is 56.6 Å². The molecule has 6 bridgehead atoms. The molecule has 0 radical (unpaired) electrons. The molecule has 1 aromatic carbocycles. The lowest BCUT2D eigenvalue weighted by atomic mass is 9.95. The SMILES string of the molecule is C1=CC2CCC1C2.C1=CC2CCC1C2.COC(=O)NC[C@@H](Cl)C(=O)O.COC(=O)NC[C@@H](Cl)C(=O)O.N.N.NC(Cc1ccc(-n2ncnn2)cc1)C(=O)O.N[C@H](CCCCNC(=O)OCC1CC2C=CC1C2)C(=O)O. The van der Waals surface area contributed by atoms with Gasteiger partial charge in [0.25, 0.3) is 0 Å². The smallest absolute Gasteiger partial charge is 0.407 e. The van der Waals surface area contributed by atoms with Crippen LogP contribution in [0.5, 0.6) is 0 Å². The molecule has 3 saturated carbocycles. The molecule has 11 atom stereocenters. The number of aliphatic carboxylic acids is 4. The number of rotatable bonds is 18. The topological polar surface area (TPSA) is 430 Å². The van der Waals surface area contributed by atoms with E-state index in [1.165, 1.54) is 70.3 Å². The lowest BCUT2D eigenvalue weighted by Gasteiger charge is -2.17. The average Bonchev–Trinajstić information content (AvgIpc) is 4.28. The summed E-state index contributed by atoms with van der Waals surface area (Å²) < 4.78 is 13.6. The third-order valence-corrected chi connectivity index (χ3v) is 13.4. The summed E-state index contributed by atoms with van der Waals surface area (Å²) in [6.45, 7) is 0.677. The molecule has 25 nitrogen and oxygen atoms in total. The molecule has 0 spiro atoms. The molecule has 17 N–H and O–H groups in total. The van der Waals surface area contributed by atoms with E-state index in [2.05, 4.69) is 77.3 Å². The van der Waals surface area contributed by atoms with E-state index >= 15 is 0 Å². The number of hydrogen-bond donors (Lipinski definition) is 11. The van der Waals surface area contributed by atoms with Crippen LogP contribution >= 0.6 is 23.2 Å². The van der Waals surface area contributed by atoms with Gasteiger partial charge in [-0.15, -0.1) is 38.2 Å². The maximum absolute atomic E-state index is 11.5. The number of halogens is 2. The maximum atomic E-state index is 11.5. The van der Waals surface area contributed by atoms with Crippen LogP contribution in [0.1, 0.15) is 76.2 Å². The normalized spacial score (nSPS) is 22.2. The number of aromatic nitrogens is 4. The minimum absolute atomic E-state index is 0. The molecule has 6 aliphatic carbocycles. The number of carbonyl (C=O) groups excluding carboxylic acids is 3. The van der Waals surface area contributed by atoms with E-state index in [1.54, 1.807) is 24.3 Å². The summed E-state index contributed by atoms with van der Waals surface area (Å²) in [6, 6.07) is 5.45. The molecule has 1 heterocycles. The molecule has 3 amide bonds. The summed E-state index contributed by atoms with van der Waals surface area (Å²) in [4.78, 5) is 74.9. The lowest BCUT2D eigenvalue weighted by Crippen LogP contribution is -2.33. The van der Waals surface area contributed by atoms with Gasteiger partial charge in [0, 0.05) is 25.6 Å². The van der Waals surface area contributed by atoms with Gasteiger partial charge in [-0.25, -0.2) is 14.4 Å². The van der Waals surface area contributed by atoms with Crippen molar-refractivity contribution in [1.82, 2.24) is 48.5 Å². The van der Waals surface area contributed by atoms with Crippen LogP contribution in [0, 0.1) is 41.4 Å². The molecule has 2 aromatic rings. The number of nitrogens with zero attached hydrogens (tertiary/aromatic N) is 4. The number of benzene rings is 1. The number of ether oxygens (including phenoxy) is 3. The average molecular weight is 1120 g/mol. The Morgan fingerprint density at radius 3 is 1.49 bits per heavy atom. The second-order valence-corrected chi connectivity index (χ2v) is 19.4. The Labute approximate surface area is 452 Å². The number of carboxylic acid groups (broad SMARTS) is 4. The molecule has 76 heavy (non-hydrogen) atoms. The number of amides is 3. The van der Waals surface area contributed by atoms with Crippen molar-refractivity contribution in [1.29, 1.82) is 0 Å². The highest BCUT2D eigenvalue weighted by atomic mass is 35.5. The van der Waals surface area contributed by atoms with Crippen LogP contribution in [0.15, 0.2) is 67.0 Å². The van der Waals surface area contributed by atoms with Crippen LogP contribution in [0.3, 0.4) is 0 Å². The number of hydrogen-bond acceptors (Lipinski definition) is 17. The summed E-state index contributed by atoms with van der Waals surface area (Å²) in [5.74, 6) is 1.36. The monoisotopic (exact) mass is 1110 g/mol. The van der Waals surface area contributed by atoms with Gasteiger partial charge in [-0.3, -0.25) is 19.2 Å². The number of tetrazole rings is 1. The number of nitrogens with two attached hydrogens (primary N) is 2. The molecule has 426 valence electrons. The first-order valence-electron chi connectivity index (χ1n) is 24.4. The first-order valence-corrected chi connectivity index (χ1v) is 25.3. The third-order valence-electron chi connectivity index (χ3n) is 12.8. The largest absolute Gasteiger partial charge is 0.480 e. The summed E-state index contributed by atoms with van der Waals surface area (Å²) in [5, 5.41) is 49.8. The van der Waals surface area contributed by atoms with Gasteiger partial charge in [-0.1, -0.05) is 48.6 Å². The molecule has 0 saturated heterocycles. The van der Waals surface area contributed by atoms with E-state index in [0.717, 1.165) is 41.3 Å². The Morgan fingerprint density at radius 2 is 1.13 bits per heavy atom. The van der Waals surface area contributed by atoms with Gasteiger partial charge in [-0.05, 0) is 135 Å². The van der Waals surface area contributed by atoms with Crippen LogP contribution in [0.25, 0.3) is 5.69 Å². The quantitative estimate of drug-likeness (QED) is 0.0382. The Hall–Kier alpha value is -6.38. The zero-order chi connectivity index (χ0) is 54.6. The fourth-order valence-electron chi connectivity index (χ4n) is 8.61. The first-order chi connectivity index (χ1) is 35.3. The fraction of sp³-hybridized carbons (Fsp3) is 0.592. The van der Waals surface area contributed by atoms with Crippen LogP contribution in [-0.2, 0) is 39.8 Å². The van der Waals surface area contributed by atoms with Gasteiger partial charge in [0.2, 0.25) is 0 Å². The van der Waals surface area contributed by atoms with E-state index in [1.807, 2.05) is 0 Å². The van der Waals surface area contributed by atoms with Crippen molar-refractivity contribution >= 4 is 65.4 Å². The predicted molar refractivity (Wildman–Crippen MR) is 281 cm³/mol. The van der Waals surface area contributed by atoms with Crippen LogP contribution in [-0.4, -0.2) is 146 Å². The number of methoxy groups -OCH3 is 2. The molecule has 8 unspecified atom stereocenters. The second-order valence-electron chi connectivity index (χ2n) is 18.3. The molecule has 0 aliphatic heterocycles. The van der Waals surface area contributed by atoms with Gasteiger partial charge in [0.15, 0.2) is 6.33 Å². The number of alkyl carbamates (subject to hydrolysis) is 3. The van der Waals surface area contributed by atoms with Crippen molar-refractivity contribution in [3.05, 3.63) is 72.6 Å². The van der Waals surface area contributed by atoms with Crippen LogP contribution in [0.4, 0.5) is 14.4 Å². The highest BCUT2D eigenvalue weighted by Gasteiger charge is 2.36. The fourth-order valence-corrected chi connectivity index (χ4v) is 8.77. The predicted octanol–water partition coefficient (Wildman–Crippen LogP) is 5.46. The molecular formula is C49H77Cl2N11O14. The number of alkyl halides is 2. The Bertz CT molecular complexity index is 2090. The van der Waals surface area contributed by atoms with Crippen molar-refractivity contribution < 1.29 is 68.2 Å². The van der Waals surface area contributed by atoms with Gasteiger partial charge in [0.05, 0.1) is 26.5 Å². The summed E-state index contributed by atoms with van der Waals surface area (Å²) >= 11 is 10.5. The highest BCUT2D eigenvalue weighted by Crippen LogP contribution is 2.43. The molecule has 8 rings (SSSR count). The van der Waals surface area contributed by atoms with Gasteiger partial charge in [-0.2, -0.15) is 0 Å². The van der Waals surface area contributed by atoms with Gasteiger partial charge < -0.3 is 74.4 Å². The third kappa shape index (κ3) is 26.4. The Kier molecular flexibility index (Phi) is 32.5. The number of allylic oxidation sites excluding steroid dienone is 6. The maximum Gasteiger partial charge on any atom is 0.407 e. The van der Waals surface area contributed by atoms with Crippen molar-refractivity contribution in [3.63, 3.8) is 0 Å². The van der Waals surface area contributed by atoms with E-state index in [9.17, 15) is 33.6 Å². The summed E-state index contributed by atoms with van der Waals surface area (Å²) in [6.07, 6.45) is 26.9. The Morgan fingerprint density at radius 1 is 0.645 bits per heavy atom. The molecular weight excluding hydrogens is 1040 g/mol. The standard InChI is InChI=1S/C15H24N2O4.C10H11N5O2.2C7H10.2C5H8ClNO4.2H3N/c16-13(14(18)19)3-1-2-6-17-15(20)21-9-12-8-10-4-5-11(12)7-10;11-9(10(16)17)5-7-1-3-8(4-2-7)15-13-6-12-14-15;2*1-2-7-4-3-6(1)5-7;2*1-11-5(10)7-2-3(6)4(8)9;;/h4-5,10-13H,1-3,6-9,16H2,(H,17,20)(H,18,19);1-4,6,9H,5,11H2,(H,16,17);2*1-2,6-7H,3-5H2;2*3H,2H2,1H3,(H,7,10)(H,8,9);2*1H3/t10?,11?,12?,13-;;;;2*3-;;/m1...11../s1. The number of carbonyl (C=O) groups is 7. The van der Waals surface area contributed by atoms with E-state index in [-0.39, 0.29) is 31.5 Å². The number of unbranched alkanes of at least 4 members (excludes halogenated alkanes) is 1. The minimum Gasteiger partial charge on any atom is -0.480 e. The summed E-state index contributed by atoms with van der Waals surface area (Å²) in [5.41, 5.74) is 12.4. The van der Waals surface area contributed by atoms with Gasteiger partial charge >= 0.3 is 42.2 Å². The van der Waals surface area contributed by atoms with Crippen LogP contribution < -0.4 is 39.7 Å². The zero-order valence-electron chi connectivity index (χ0n) is 43.0. The van der Waals surface area contributed by atoms with Crippen LogP contribution in [0.2, 0.25) is 0 Å². The van der Waals surface area contributed by atoms with Crippen molar-refractivity contribution in [2.24, 2.45) is 52.9 Å². The van der Waals surface area contributed by atoms with Crippen molar-refractivity contribution in [2.45, 2.75) is 99.9 Å². The molecule has 1 aromatic heterocycles. The van der Waals surface area contributed by atoms with E-state index in [4.69, 9.17) is 59.8 Å². The molecule has 27 heteroatoms. The Balaban J connectivity index is 0.000000473. The number of carboxylic acids is 4. The highest BCUT2D eigenvalue weighted by molar-refractivity contribution is 6.30. The number of nitrogens with one attached hydrogen (secondary N) is 3. The zero-order valence-corrected chi connectivity index (χ0v) is 44.5. The van der Waals surface area contributed by atoms with E-state index < -0.39 is 58.9 Å². The second kappa shape index (κ2) is 36.6.